The Hall–Kier alpha value is -1.14. The normalized spacial score (nSPS) is 13.8. The van der Waals surface area contributed by atoms with Crippen molar-refractivity contribution in [1.29, 1.82) is 0 Å². The summed E-state index contributed by atoms with van der Waals surface area (Å²) in [6, 6.07) is 14.8. The number of rotatable bonds is 6. The molecule has 0 aromatic heterocycles. The van der Waals surface area contributed by atoms with Crippen molar-refractivity contribution in [2.24, 2.45) is 0 Å². The molecule has 2 unspecified atom stereocenters. The average Bonchev–Trinajstić information content (AvgIpc) is 2.55. The first kappa shape index (κ1) is 16.2. The maximum Gasteiger partial charge on any atom is 0.226 e. The van der Waals surface area contributed by atoms with Gasteiger partial charge in [-0.05, 0) is 48.2 Å². The Morgan fingerprint density at radius 3 is 1.33 bits per heavy atom. The molecule has 0 spiro atoms. The summed E-state index contributed by atoms with van der Waals surface area (Å²) in [7, 11) is -4.94. The van der Waals surface area contributed by atoms with E-state index in [1.807, 2.05) is 24.3 Å². The van der Waals surface area contributed by atoms with E-state index in [2.05, 4.69) is 13.8 Å². The summed E-state index contributed by atoms with van der Waals surface area (Å²) >= 11 is 0. The summed E-state index contributed by atoms with van der Waals surface area (Å²) in [5.41, 5.74) is 2.35. The average molecular weight is 322 g/mol. The van der Waals surface area contributed by atoms with Gasteiger partial charge in [-0.3, -0.25) is 13.4 Å². The standard InChI is InChI=1S/C16H20O3P2/c1-3-13-5-9-15(10-6-13)20(17)19-21(18)16-11-7-14(4-2)8-12-16/h5-12,20-21H,3-4H2,1-2H3. The van der Waals surface area contributed by atoms with E-state index in [1.54, 1.807) is 24.3 Å². The Balaban J connectivity index is 2.05. The van der Waals surface area contributed by atoms with Crippen molar-refractivity contribution >= 4 is 26.7 Å². The third-order valence-electron chi connectivity index (χ3n) is 3.38. The van der Waals surface area contributed by atoms with Crippen LogP contribution in [0, 0.1) is 0 Å². The van der Waals surface area contributed by atoms with Crippen molar-refractivity contribution < 1.29 is 13.4 Å². The zero-order valence-corrected chi connectivity index (χ0v) is 14.3. The van der Waals surface area contributed by atoms with E-state index < -0.39 is 16.1 Å². The highest BCUT2D eigenvalue weighted by Crippen LogP contribution is 2.36. The number of hydrogen-bond donors (Lipinski definition) is 0. The minimum atomic E-state index is -2.47. The molecular weight excluding hydrogens is 302 g/mol. The van der Waals surface area contributed by atoms with Gasteiger partial charge < -0.3 is 0 Å². The van der Waals surface area contributed by atoms with Gasteiger partial charge in [0.2, 0.25) is 16.1 Å². The SMILES string of the molecule is CCc1ccc([PH](=O)O[PH](=O)c2ccc(CC)cc2)cc1. The highest BCUT2D eigenvalue weighted by Gasteiger charge is 2.10. The minimum absolute atomic E-state index is 0.612. The molecule has 0 heterocycles. The van der Waals surface area contributed by atoms with E-state index in [1.165, 1.54) is 11.1 Å². The zero-order valence-electron chi connectivity index (χ0n) is 12.3. The fourth-order valence-electron chi connectivity index (χ4n) is 1.96. The molecule has 2 atom stereocenters. The Morgan fingerprint density at radius 2 is 1.05 bits per heavy atom. The molecule has 0 saturated heterocycles. The molecule has 0 saturated carbocycles. The maximum atomic E-state index is 12.1. The molecule has 3 nitrogen and oxygen atoms in total. The smallest absolute Gasteiger partial charge is 0.226 e. The molecule has 0 aliphatic heterocycles. The first-order valence-electron chi connectivity index (χ1n) is 7.08. The topological polar surface area (TPSA) is 43.4 Å². The first-order chi connectivity index (χ1) is 10.1. The van der Waals surface area contributed by atoms with Crippen LogP contribution in [0.3, 0.4) is 0 Å². The maximum absolute atomic E-state index is 12.1. The fourth-order valence-corrected chi connectivity index (χ4v) is 4.45. The molecule has 2 aromatic carbocycles. The van der Waals surface area contributed by atoms with E-state index in [0.29, 0.717) is 10.6 Å². The van der Waals surface area contributed by atoms with Gasteiger partial charge in [0.25, 0.3) is 0 Å². The van der Waals surface area contributed by atoms with Crippen molar-refractivity contribution in [2.75, 3.05) is 0 Å². The van der Waals surface area contributed by atoms with Gasteiger partial charge in [0, 0.05) is 10.6 Å². The van der Waals surface area contributed by atoms with Crippen molar-refractivity contribution in [3.05, 3.63) is 59.7 Å². The second-order valence-electron chi connectivity index (χ2n) is 4.78. The summed E-state index contributed by atoms with van der Waals surface area (Å²) in [6.07, 6.45) is 1.87. The lowest BCUT2D eigenvalue weighted by Crippen LogP contribution is -2.00. The van der Waals surface area contributed by atoms with Gasteiger partial charge in [-0.15, -0.1) is 0 Å². The molecule has 0 amide bonds. The van der Waals surface area contributed by atoms with Gasteiger partial charge in [-0.25, -0.2) is 0 Å². The van der Waals surface area contributed by atoms with Crippen LogP contribution in [0.25, 0.3) is 0 Å². The molecule has 0 radical (unpaired) electrons. The van der Waals surface area contributed by atoms with Gasteiger partial charge >= 0.3 is 0 Å². The van der Waals surface area contributed by atoms with Gasteiger partial charge in [0.1, 0.15) is 0 Å². The summed E-state index contributed by atoms with van der Waals surface area (Å²) < 4.78 is 29.5. The largest absolute Gasteiger partial charge is 0.291 e. The lowest BCUT2D eigenvalue weighted by molar-refractivity contribution is 0.501. The van der Waals surface area contributed by atoms with Crippen LogP contribution in [-0.2, 0) is 26.3 Å². The highest BCUT2D eigenvalue weighted by atomic mass is 31.2. The van der Waals surface area contributed by atoms with E-state index in [-0.39, 0.29) is 0 Å². The summed E-state index contributed by atoms with van der Waals surface area (Å²) in [5, 5.41) is 1.22. The van der Waals surface area contributed by atoms with Crippen molar-refractivity contribution in [3.8, 4) is 0 Å². The van der Waals surface area contributed by atoms with Crippen LogP contribution < -0.4 is 10.6 Å². The highest BCUT2D eigenvalue weighted by molar-refractivity contribution is 7.61. The van der Waals surface area contributed by atoms with Crippen molar-refractivity contribution in [1.82, 2.24) is 0 Å². The van der Waals surface area contributed by atoms with Gasteiger partial charge in [-0.1, -0.05) is 38.1 Å². The Bertz CT molecular complexity index is 576. The number of benzene rings is 2. The minimum Gasteiger partial charge on any atom is -0.291 e. The molecule has 5 heteroatoms. The quantitative estimate of drug-likeness (QED) is 0.761. The summed E-state index contributed by atoms with van der Waals surface area (Å²) in [6.45, 7) is 4.13. The van der Waals surface area contributed by atoms with E-state index in [4.69, 9.17) is 4.31 Å². The van der Waals surface area contributed by atoms with Crippen LogP contribution in [0.1, 0.15) is 25.0 Å². The molecule has 0 aliphatic rings. The monoisotopic (exact) mass is 322 g/mol. The molecular formula is C16H20O3P2. The Labute approximate surface area is 127 Å². The second-order valence-corrected chi connectivity index (χ2v) is 7.90. The number of hydrogen-bond acceptors (Lipinski definition) is 3. The zero-order chi connectivity index (χ0) is 15.2. The van der Waals surface area contributed by atoms with Gasteiger partial charge in [0.15, 0.2) is 0 Å². The van der Waals surface area contributed by atoms with E-state index >= 15 is 0 Å². The van der Waals surface area contributed by atoms with Crippen LogP contribution in [0.4, 0.5) is 0 Å². The third-order valence-corrected chi connectivity index (χ3v) is 6.47. The van der Waals surface area contributed by atoms with Crippen LogP contribution in [0.5, 0.6) is 0 Å². The molecule has 112 valence electrons. The predicted octanol–water partition coefficient (Wildman–Crippen LogP) is 3.73. The van der Waals surface area contributed by atoms with Crippen LogP contribution in [0.2, 0.25) is 0 Å². The Morgan fingerprint density at radius 1 is 0.714 bits per heavy atom. The molecule has 0 bridgehead atoms. The van der Waals surface area contributed by atoms with Crippen LogP contribution >= 0.6 is 16.1 Å². The van der Waals surface area contributed by atoms with E-state index in [9.17, 15) is 9.13 Å². The molecule has 21 heavy (non-hydrogen) atoms. The van der Waals surface area contributed by atoms with E-state index in [0.717, 1.165) is 12.8 Å². The van der Waals surface area contributed by atoms with Crippen molar-refractivity contribution in [3.63, 3.8) is 0 Å². The van der Waals surface area contributed by atoms with Crippen molar-refractivity contribution in [2.45, 2.75) is 26.7 Å². The van der Waals surface area contributed by atoms with Crippen LogP contribution in [0.15, 0.2) is 48.5 Å². The van der Waals surface area contributed by atoms with Gasteiger partial charge in [0.05, 0.1) is 0 Å². The molecule has 0 aliphatic carbocycles. The fraction of sp³-hybridized carbons (Fsp3) is 0.250. The van der Waals surface area contributed by atoms with Gasteiger partial charge in [-0.2, -0.15) is 0 Å². The first-order valence-corrected chi connectivity index (χ1v) is 9.71. The summed E-state index contributed by atoms with van der Waals surface area (Å²) in [5.74, 6) is 0. The summed E-state index contributed by atoms with van der Waals surface area (Å²) in [4.78, 5) is 0. The lowest BCUT2D eigenvalue weighted by atomic mass is 10.2. The molecule has 0 N–H and O–H groups in total. The molecule has 0 fully saturated rings. The molecule has 2 rings (SSSR count). The predicted molar refractivity (Wildman–Crippen MR) is 90.0 cm³/mol. The number of aryl methyl sites for hydroxylation is 2. The second kappa shape index (κ2) is 7.75. The van der Waals surface area contributed by atoms with Crippen LogP contribution in [-0.4, -0.2) is 0 Å². The lowest BCUT2D eigenvalue weighted by Gasteiger charge is -2.06. The Kier molecular flexibility index (Phi) is 5.99. The third kappa shape index (κ3) is 4.41. The molecule has 2 aromatic rings.